The number of hydrogen-bond donors (Lipinski definition) is 2. The van der Waals surface area contributed by atoms with Crippen LogP contribution in [-0.4, -0.2) is 19.6 Å². The molecule has 0 bridgehead atoms. The summed E-state index contributed by atoms with van der Waals surface area (Å²) in [4.78, 5) is 20.0. The number of hydrogen-bond acceptors (Lipinski definition) is 4. The van der Waals surface area contributed by atoms with Gasteiger partial charge in [0.25, 0.3) is 0 Å². The van der Waals surface area contributed by atoms with Gasteiger partial charge in [0.05, 0.1) is 5.69 Å². The van der Waals surface area contributed by atoms with E-state index < -0.39 is 11.2 Å². The van der Waals surface area contributed by atoms with Crippen LogP contribution in [-0.2, 0) is 7.05 Å². The molecule has 0 unspecified atom stereocenters. The van der Waals surface area contributed by atoms with E-state index in [2.05, 4.69) is 20.9 Å². The average Bonchev–Trinajstić information content (AvgIpc) is 3.22. The molecule has 0 saturated heterocycles. The van der Waals surface area contributed by atoms with Crippen molar-refractivity contribution in [2.24, 2.45) is 7.05 Å². The van der Waals surface area contributed by atoms with Gasteiger partial charge in [0.2, 0.25) is 11.2 Å². The van der Waals surface area contributed by atoms with Crippen LogP contribution in [0.1, 0.15) is 5.76 Å². The van der Waals surface area contributed by atoms with Crippen molar-refractivity contribution in [2.75, 3.05) is 0 Å². The number of halogens is 1. The maximum atomic E-state index is 12.1. The topological polar surface area (TPSA) is 84.0 Å². The first-order valence-electron chi connectivity index (χ1n) is 8.26. The lowest BCUT2D eigenvalue weighted by Crippen LogP contribution is -2.01. The standard InChI is InChI=1S/C20H16BrN3O3/c1-11-8-15(25)18(26)19(27-11)17-16(12-6-4-3-5-7-12)22-20(23-17)14-9-13(21)10-24(14)2/h3-10,26H,1-2H3,(H,22,23). The number of benzene rings is 1. The van der Waals surface area contributed by atoms with Gasteiger partial charge < -0.3 is 19.1 Å². The van der Waals surface area contributed by atoms with Crippen molar-refractivity contribution in [3.63, 3.8) is 0 Å². The van der Waals surface area contributed by atoms with E-state index in [0.29, 0.717) is 23.0 Å². The van der Waals surface area contributed by atoms with Gasteiger partial charge in [-0.1, -0.05) is 30.3 Å². The summed E-state index contributed by atoms with van der Waals surface area (Å²) in [7, 11) is 1.91. The third-order valence-corrected chi connectivity index (χ3v) is 4.67. The van der Waals surface area contributed by atoms with Crippen LogP contribution in [0.3, 0.4) is 0 Å². The van der Waals surface area contributed by atoms with Crippen LogP contribution in [0.15, 0.2) is 62.3 Å². The summed E-state index contributed by atoms with van der Waals surface area (Å²) in [6.07, 6.45) is 1.92. The third kappa shape index (κ3) is 3.10. The molecule has 3 heterocycles. The van der Waals surface area contributed by atoms with Crippen LogP contribution < -0.4 is 5.43 Å². The zero-order valence-corrected chi connectivity index (χ0v) is 16.2. The lowest BCUT2D eigenvalue weighted by Gasteiger charge is -2.05. The normalized spacial score (nSPS) is 11.1. The lowest BCUT2D eigenvalue weighted by molar-refractivity contribution is 0.429. The van der Waals surface area contributed by atoms with Crippen molar-refractivity contribution in [2.45, 2.75) is 6.92 Å². The molecule has 2 N–H and O–H groups in total. The van der Waals surface area contributed by atoms with Crippen molar-refractivity contribution in [1.82, 2.24) is 14.5 Å². The van der Waals surface area contributed by atoms with Crippen molar-refractivity contribution < 1.29 is 9.52 Å². The molecule has 4 rings (SSSR count). The first kappa shape index (κ1) is 17.4. The Morgan fingerprint density at radius 1 is 1.22 bits per heavy atom. The van der Waals surface area contributed by atoms with Crippen LogP contribution in [0.5, 0.6) is 5.75 Å². The highest BCUT2D eigenvalue weighted by Crippen LogP contribution is 2.36. The van der Waals surface area contributed by atoms with Crippen LogP contribution in [0.25, 0.3) is 34.2 Å². The van der Waals surface area contributed by atoms with Gasteiger partial charge >= 0.3 is 0 Å². The van der Waals surface area contributed by atoms with Crippen LogP contribution in [0, 0.1) is 6.92 Å². The monoisotopic (exact) mass is 425 g/mol. The first-order valence-corrected chi connectivity index (χ1v) is 9.05. The quantitative estimate of drug-likeness (QED) is 0.506. The van der Waals surface area contributed by atoms with E-state index in [0.717, 1.165) is 15.7 Å². The maximum Gasteiger partial charge on any atom is 0.227 e. The van der Waals surface area contributed by atoms with Gasteiger partial charge in [0, 0.05) is 29.3 Å². The molecular weight excluding hydrogens is 410 g/mol. The minimum atomic E-state index is -0.495. The summed E-state index contributed by atoms with van der Waals surface area (Å²) < 4.78 is 8.53. The molecule has 0 atom stereocenters. The van der Waals surface area contributed by atoms with Crippen molar-refractivity contribution in [3.05, 3.63) is 69.1 Å². The smallest absolute Gasteiger partial charge is 0.227 e. The van der Waals surface area contributed by atoms with Gasteiger partial charge in [0.1, 0.15) is 17.1 Å². The Kier molecular flexibility index (Phi) is 4.24. The zero-order valence-electron chi connectivity index (χ0n) is 14.7. The second-order valence-electron chi connectivity index (χ2n) is 6.23. The highest BCUT2D eigenvalue weighted by molar-refractivity contribution is 9.10. The molecule has 6 nitrogen and oxygen atoms in total. The van der Waals surface area contributed by atoms with Gasteiger partial charge in [-0.15, -0.1) is 0 Å². The molecule has 0 spiro atoms. The average molecular weight is 426 g/mol. The van der Waals surface area contributed by atoms with Crippen molar-refractivity contribution in [3.8, 4) is 40.0 Å². The zero-order chi connectivity index (χ0) is 19.1. The second kappa shape index (κ2) is 6.59. The van der Waals surface area contributed by atoms with Crippen LogP contribution in [0.4, 0.5) is 0 Å². The summed E-state index contributed by atoms with van der Waals surface area (Å²) >= 11 is 3.46. The fourth-order valence-electron chi connectivity index (χ4n) is 3.00. The Morgan fingerprint density at radius 3 is 2.63 bits per heavy atom. The number of aromatic amines is 1. The summed E-state index contributed by atoms with van der Waals surface area (Å²) in [5.41, 5.74) is 2.23. The van der Waals surface area contributed by atoms with E-state index in [9.17, 15) is 9.90 Å². The number of aromatic hydroxyl groups is 1. The summed E-state index contributed by atoms with van der Waals surface area (Å²) in [5, 5.41) is 10.3. The fourth-order valence-corrected chi connectivity index (χ4v) is 3.52. The highest BCUT2D eigenvalue weighted by Gasteiger charge is 2.22. The molecule has 0 saturated carbocycles. The number of nitrogens with zero attached hydrogens (tertiary/aromatic N) is 2. The SMILES string of the molecule is Cc1cc(=O)c(O)c(-c2[nH]c(-c3cc(Br)cn3C)nc2-c2ccccc2)o1. The van der Waals surface area contributed by atoms with E-state index in [1.165, 1.54) is 6.07 Å². The predicted octanol–water partition coefficient (Wildman–Crippen LogP) is 4.48. The Labute approximate surface area is 163 Å². The molecule has 0 aliphatic heterocycles. The molecule has 0 amide bonds. The minimum Gasteiger partial charge on any atom is -0.501 e. The minimum absolute atomic E-state index is 0.0749. The lowest BCUT2D eigenvalue weighted by atomic mass is 10.1. The number of rotatable bonds is 3. The van der Waals surface area contributed by atoms with E-state index in [1.807, 2.05) is 54.2 Å². The Balaban J connectivity index is 2.01. The Bertz CT molecular complexity index is 1190. The Hall–Kier alpha value is -3.06. The van der Waals surface area contributed by atoms with E-state index in [-0.39, 0.29) is 5.76 Å². The second-order valence-corrected chi connectivity index (χ2v) is 7.14. The Morgan fingerprint density at radius 2 is 1.96 bits per heavy atom. The van der Waals surface area contributed by atoms with Gasteiger partial charge in [0.15, 0.2) is 11.6 Å². The van der Waals surface area contributed by atoms with E-state index in [1.54, 1.807) is 6.92 Å². The van der Waals surface area contributed by atoms with Gasteiger partial charge in [-0.05, 0) is 28.9 Å². The number of aryl methyl sites for hydroxylation is 2. The third-order valence-electron chi connectivity index (χ3n) is 4.24. The first-order chi connectivity index (χ1) is 12.9. The number of H-pyrrole nitrogens is 1. The number of aromatic nitrogens is 3. The van der Waals surface area contributed by atoms with Gasteiger partial charge in [-0.2, -0.15) is 0 Å². The molecule has 0 aliphatic carbocycles. The molecule has 1 aromatic carbocycles. The fraction of sp³-hybridized carbons (Fsp3) is 0.100. The summed E-state index contributed by atoms with van der Waals surface area (Å²) in [6, 6.07) is 12.7. The molecular formula is C20H16BrN3O3. The number of nitrogens with one attached hydrogen (secondary N) is 1. The van der Waals surface area contributed by atoms with E-state index >= 15 is 0 Å². The highest BCUT2D eigenvalue weighted by atomic mass is 79.9. The van der Waals surface area contributed by atoms with Gasteiger partial charge in [-0.3, -0.25) is 4.79 Å². The molecule has 136 valence electrons. The molecule has 0 fully saturated rings. The van der Waals surface area contributed by atoms with Gasteiger partial charge in [-0.25, -0.2) is 4.98 Å². The summed E-state index contributed by atoms with van der Waals surface area (Å²) in [5.74, 6) is 0.636. The molecule has 3 aromatic heterocycles. The number of imidazole rings is 1. The van der Waals surface area contributed by atoms with Crippen LogP contribution >= 0.6 is 15.9 Å². The van der Waals surface area contributed by atoms with Crippen LogP contribution in [0.2, 0.25) is 0 Å². The molecule has 7 heteroatoms. The van der Waals surface area contributed by atoms with Crippen molar-refractivity contribution in [1.29, 1.82) is 0 Å². The molecule has 27 heavy (non-hydrogen) atoms. The van der Waals surface area contributed by atoms with E-state index in [4.69, 9.17) is 9.40 Å². The largest absolute Gasteiger partial charge is 0.501 e. The summed E-state index contributed by atoms with van der Waals surface area (Å²) in [6.45, 7) is 1.66. The van der Waals surface area contributed by atoms with Crippen molar-refractivity contribution >= 4 is 15.9 Å². The molecule has 0 aliphatic rings. The predicted molar refractivity (Wildman–Crippen MR) is 107 cm³/mol. The molecule has 4 aromatic rings. The maximum absolute atomic E-state index is 12.1. The molecule has 0 radical (unpaired) electrons.